The van der Waals surface area contributed by atoms with Gasteiger partial charge in [-0.3, -0.25) is 0 Å². The van der Waals surface area contributed by atoms with Crippen LogP contribution in [-0.4, -0.2) is 16.2 Å². The summed E-state index contributed by atoms with van der Waals surface area (Å²) in [6.45, 7) is 1.59. The van der Waals surface area contributed by atoms with Crippen molar-refractivity contribution in [3.63, 3.8) is 0 Å². The van der Waals surface area contributed by atoms with Gasteiger partial charge in [-0.15, -0.1) is 0 Å². The van der Waals surface area contributed by atoms with E-state index in [1.807, 2.05) is 6.07 Å². The Bertz CT molecular complexity index is 330. The Balaban J connectivity index is 2.96. The average Bonchev–Trinajstić information content (AvgIpc) is 2.16. The van der Waals surface area contributed by atoms with Crippen LogP contribution >= 0.6 is 0 Å². The number of aromatic nitrogens is 1. The number of aliphatic hydroxyl groups excluding tert-OH is 1. The van der Waals surface area contributed by atoms with Crippen LogP contribution < -0.4 is 5.73 Å². The first-order valence-electron chi connectivity index (χ1n) is 3.96. The standard InChI is InChI=1S/C9H11N3O/c1-6(13)9(11)8-4-2-3-7(5-10)12-8/h2-4,6,9,13H,11H2,1H3/t6-,9+/m1/s1. The summed E-state index contributed by atoms with van der Waals surface area (Å²) in [4.78, 5) is 3.97. The number of rotatable bonds is 2. The summed E-state index contributed by atoms with van der Waals surface area (Å²) in [6, 6.07) is 6.36. The predicted octanol–water partition coefficient (Wildman–Crippen LogP) is 0.334. The molecule has 1 heterocycles. The van der Waals surface area contributed by atoms with Crippen molar-refractivity contribution in [1.29, 1.82) is 5.26 Å². The van der Waals surface area contributed by atoms with Crippen LogP contribution in [0, 0.1) is 11.3 Å². The number of nitriles is 1. The maximum atomic E-state index is 9.19. The van der Waals surface area contributed by atoms with Crippen molar-refractivity contribution in [3.8, 4) is 6.07 Å². The van der Waals surface area contributed by atoms with E-state index in [0.29, 0.717) is 11.4 Å². The zero-order valence-electron chi connectivity index (χ0n) is 7.31. The van der Waals surface area contributed by atoms with E-state index in [9.17, 15) is 5.11 Å². The van der Waals surface area contributed by atoms with E-state index >= 15 is 0 Å². The van der Waals surface area contributed by atoms with Gasteiger partial charge in [0.1, 0.15) is 11.8 Å². The molecule has 0 aliphatic heterocycles. The normalized spacial score (nSPS) is 14.6. The molecule has 4 nitrogen and oxygen atoms in total. The molecule has 1 aromatic rings. The fraction of sp³-hybridized carbons (Fsp3) is 0.333. The Kier molecular flexibility index (Phi) is 2.96. The molecule has 0 saturated heterocycles. The molecule has 0 spiro atoms. The molecule has 0 unspecified atom stereocenters. The maximum absolute atomic E-state index is 9.19. The van der Waals surface area contributed by atoms with Gasteiger partial charge in [0.15, 0.2) is 0 Å². The maximum Gasteiger partial charge on any atom is 0.140 e. The first-order valence-corrected chi connectivity index (χ1v) is 3.96. The van der Waals surface area contributed by atoms with E-state index in [1.165, 1.54) is 0 Å². The van der Waals surface area contributed by atoms with Crippen molar-refractivity contribution in [1.82, 2.24) is 4.98 Å². The van der Waals surface area contributed by atoms with Crippen molar-refractivity contribution in [2.24, 2.45) is 5.73 Å². The molecule has 0 aromatic carbocycles. The number of nitrogens with zero attached hydrogens (tertiary/aromatic N) is 2. The first kappa shape index (κ1) is 9.65. The van der Waals surface area contributed by atoms with Crippen LogP contribution in [-0.2, 0) is 0 Å². The smallest absolute Gasteiger partial charge is 0.140 e. The van der Waals surface area contributed by atoms with Crippen LogP contribution in [0.4, 0.5) is 0 Å². The molecule has 13 heavy (non-hydrogen) atoms. The molecule has 1 rings (SSSR count). The number of pyridine rings is 1. The van der Waals surface area contributed by atoms with Crippen LogP contribution in [0.15, 0.2) is 18.2 Å². The molecule has 0 radical (unpaired) electrons. The summed E-state index contributed by atoms with van der Waals surface area (Å²) in [6.07, 6.45) is -0.665. The SMILES string of the molecule is C[C@@H](O)[C@H](N)c1cccc(C#N)n1. The summed E-state index contributed by atoms with van der Waals surface area (Å²) >= 11 is 0. The van der Waals surface area contributed by atoms with Crippen molar-refractivity contribution < 1.29 is 5.11 Å². The molecule has 3 N–H and O–H groups in total. The van der Waals surface area contributed by atoms with Gasteiger partial charge in [-0.25, -0.2) is 4.98 Å². The molecule has 0 aliphatic carbocycles. The molecule has 4 heteroatoms. The van der Waals surface area contributed by atoms with E-state index in [4.69, 9.17) is 11.0 Å². The van der Waals surface area contributed by atoms with Crippen LogP contribution in [0.2, 0.25) is 0 Å². The lowest BCUT2D eigenvalue weighted by Gasteiger charge is -2.13. The monoisotopic (exact) mass is 177 g/mol. The number of hydrogen-bond acceptors (Lipinski definition) is 4. The van der Waals surface area contributed by atoms with E-state index in [2.05, 4.69) is 4.98 Å². The van der Waals surface area contributed by atoms with Crippen LogP contribution in [0.5, 0.6) is 0 Å². The van der Waals surface area contributed by atoms with Crippen molar-refractivity contribution in [2.75, 3.05) is 0 Å². The highest BCUT2D eigenvalue weighted by Gasteiger charge is 2.13. The minimum atomic E-state index is -0.665. The quantitative estimate of drug-likeness (QED) is 0.682. The van der Waals surface area contributed by atoms with Gasteiger partial charge in [0.25, 0.3) is 0 Å². The summed E-state index contributed by atoms with van der Waals surface area (Å²) in [5.74, 6) is 0. The summed E-state index contributed by atoms with van der Waals surface area (Å²) in [5.41, 5.74) is 6.49. The lowest BCUT2D eigenvalue weighted by Crippen LogP contribution is -2.24. The minimum Gasteiger partial charge on any atom is -0.391 e. The van der Waals surface area contributed by atoms with Crippen LogP contribution in [0.1, 0.15) is 24.4 Å². The zero-order valence-corrected chi connectivity index (χ0v) is 7.31. The Morgan fingerprint density at radius 2 is 2.31 bits per heavy atom. The second kappa shape index (κ2) is 3.99. The molecule has 0 amide bonds. The van der Waals surface area contributed by atoms with Gasteiger partial charge in [-0.2, -0.15) is 5.26 Å². The summed E-state index contributed by atoms with van der Waals surface area (Å²) in [5, 5.41) is 17.8. The third kappa shape index (κ3) is 2.25. The van der Waals surface area contributed by atoms with E-state index in [1.54, 1.807) is 25.1 Å². The Labute approximate surface area is 76.6 Å². The molecular weight excluding hydrogens is 166 g/mol. The third-order valence-corrected chi connectivity index (χ3v) is 1.75. The van der Waals surface area contributed by atoms with Crippen LogP contribution in [0.3, 0.4) is 0 Å². The molecule has 2 atom stereocenters. The minimum absolute atomic E-state index is 0.314. The molecule has 0 aliphatic rings. The lowest BCUT2D eigenvalue weighted by molar-refractivity contribution is 0.162. The Morgan fingerprint density at radius 1 is 1.62 bits per heavy atom. The number of hydrogen-bond donors (Lipinski definition) is 2. The highest BCUT2D eigenvalue weighted by atomic mass is 16.3. The molecule has 0 saturated carbocycles. The van der Waals surface area contributed by atoms with Crippen molar-refractivity contribution >= 4 is 0 Å². The van der Waals surface area contributed by atoms with Gasteiger partial charge in [-0.1, -0.05) is 6.07 Å². The van der Waals surface area contributed by atoms with Gasteiger partial charge in [0.2, 0.25) is 0 Å². The zero-order chi connectivity index (χ0) is 9.84. The first-order chi connectivity index (χ1) is 6.15. The fourth-order valence-corrected chi connectivity index (χ4v) is 0.947. The molecule has 68 valence electrons. The highest BCUT2D eigenvalue weighted by molar-refractivity contribution is 5.23. The van der Waals surface area contributed by atoms with Crippen molar-refractivity contribution in [2.45, 2.75) is 19.1 Å². The second-order valence-electron chi connectivity index (χ2n) is 2.83. The number of aliphatic hydroxyl groups is 1. The second-order valence-corrected chi connectivity index (χ2v) is 2.83. The van der Waals surface area contributed by atoms with Gasteiger partial charge in [-0.05, 0) is 19.1 Å². The van der Waals surface area contributed by atoms with E-state index < -0.39 is 12.1 Å². The third-order valence-electron chi connectivity index (χ3n) is 1.75. The number of nitrogens with two attached hydrogens (primary N) is 1. The molecule has 0 bridgehead atoms. The Morgan fingerprint density at radius 3 is 2.85 bits per heavy atom. The molecular formula is C9H11N3O. The fourth-order valence-electron chi connectivity index (χ4n) is 0.947. The van der Waals surface area contributed by atoms with Gasteiger partial charge in [0, 0.05) is 0 Å². The summed E-state index contributed by atoms with van der Waals surface area (Å²) < 4.78 is 0. The van der Waals surface area contributed by atoms with Gasteiger partial charge >= 0.3 is 0 Å². The Hall–Kier alpha value is -1.44. The van der Waals surface area contributed by atoms with Gasteiger partial charge in [0.05, 0.1) is 17.8 Å². The highest BCUT2D eigenvalue weighted by Crippen LogP contribution is 2.11. The van der Waals surface area contributed by atoms with Crippen molar-refractivity contribution in [3.05, 3.63) is 29.6 Å². The van der Waals surface area contributed by atoms with Crippen LogP contribution in [0.25, 0.3) is 0 Å². The van der Waals surface area contributed by atoms with Gasteiger partial charge < -0.3 is 10.8 Å². The molecule has 0 fully saturated rings. The van der Waals surface area contributed by atoms with E-state index in [-0.39, 0.29) is 0 Å². The average molecular weight is 177 g/mol. The topological polar surface area (TPSA) is 82.9 Å². The molecule has 1 aromatic heterocycles. The predicted molar refractivity (Wildman–Crippen MR) is 47.6 cm³/mol. The largest absolute Gasteiger partial charge is 0.391 e. The summed E-state index contributed by atoms with van der Waals surface area (Å²) in [7, 11) is 0. The lowest BCUT2D eigenvalue weighted by atomic mass is 10.1. The van der Waals surface area contributed by atoms with E-state index in [0.717, 1.165) is 0 Å².